The smallest absolute Gasteiger partial charge is 0.0817 e. The van der Waals surface area contributed by atoms with Gasteiger partial charge >= 0.3 is 0 Å². The van der Waals surface area contributed by atoms with Crippen molar-refractivity contribution in [2.45, 2.75) is 19.8 Å². The first-order chi connectivity index (χ1) is 4.90. The summed E-state index contributed by atoms with van der Waals surface area (Å²) in [6, 6.07) is 2.02. The van der Waals surface area contributed by atoms with E-state index in [-0.39, 0.29) is 6.61 Å². The predicted molar refractivity (Wildman–Crippen MR) is 38.7 cm³/mol. The van der Waals surface area contributed by atoms with Crippen LogP contribution in [0.25, 0.3) is 0 Å². The van der Waals surface area contributed by atoms with Crippen LogP contribution in [-0.2, 0) is 24.6 Å². The minimum absolute atomic E-state index is 0.164. The van der Waals surface area contributed by atoms with Crippen LogP contribution in [-0.4, -0.2) is 5.11 Å². The van der Waals surface area contributed by atoms with Gasteiger partial charge in [0, 0.05) is 9.75 Å². The third-order valence-corrected chi connectivity index (χ3v) is 2.73. The highest BCUT2D eigenvalue weighted by atomic mass is 32.1. The SMILES string of the molecule is OCc1cc2c(s1)COC2. The lowest BCUT2D eigenvalue weighted by molar-refractivity contribution is 0.135. The first kappa shape index (κ1) is 6.34. The van der Waals surface area contributed by atoms with Crippen molar-refractivity contribution in [2.24, 2.45) is 0 Å². The first-order valence-corrected chi connectivity index (χ1v) is 4.01. The van der Waals surface area contributed by atoms with Crippen molar-refractivity contribution in [1.82, 2.24) is 0 Å². The summed E-state index contributed by atoms with van der Waals surface area (Å²) in [5.74, 6) is 0. The van der Waals surface area contributed by atoms with Crippen LogP contribution in [0.4, 0.5) is 0 Å². The average molecular weight is 156 g/mol. The van der Waals surface area contributed by atoms with Crippen molar-refractivity contribution < 1.29 is 9.84 Å². The molecule has 1 aliphatic heterocycles. The summed E-state index contributed by atoms with van der Waals surface area (Å²) in [5, 5.41) is 8.76. The van der Waals surface area contributed by atoms with Gasteiger partial charge in [0.15, 0.2) is 0 Å². The lowest BCUT2D eigenvalue weighted by atomic mass is 10.3. The number of hydrogen-bond donors (Lipinski definition) is 1. The zero-order valence-electron chi connectivity index (χ0n) is 5.46. The molecule has 0 amide bonds. The molecule has 0 bridgehead atoms. The summed E-state index contributed by atoms with van der Waals surface area (Å²) >= 11 is 1.65. The second-order valence-corrected chi connectivity index (χ2v) is 3.53. The molecule has 0 unspecified atom stereocenters. The number of hydrogen-bond acceptors (Lipinski definition) is 3. The van der Waals surface area contributed by atoms with Crippen molar-refractivity contribution in [1.29, 1.82) is 0 Å². The number of fused-ring (bicyclic) bond motifs is 1. The fraction of sp³-hybridized carbons (Fsp3) is 0.429. The van der Waals surface area contributed by atoms with E-state index in [1.165, 1.54) is 10.4 Å². The lowest BCUT2D eigenvalue weighted by Gasteiger charge is -1.88. The minimum atomic E-state index is 0.164. The minimum Gasteiger partial charge on any atom is -0.391 e. The molecule has 2 nitrogen and oxygen atoms in total. The molecule has 3 heteroatoms. The van der Waals surface area contributed by atoms with Gasteiger partial charge in [0.25, 0.3) is 0 Å². The summed E-state index contributed by atoms with van der Waals surface area (Å²) in [6.07, 6.45) is 0. The highest BCUT2D eigenvalue weighted by Crippen LogP contribution is 2.28. The van der Waals surface area contributed by atoms with Gasteiger partial charge in [0.05, 0.1) is 19.8 Å². The average Bonchev–Trinajstić information content (AvgIpc) is 2.42. The van der Waals surface area contributed by atoms with Gasteiger partial charge in [0.1, 0.15) is 0 Å². The Hall–Kier alpha value is -0.380. The van der Waals surface area contributed by atoms with E-state index >= 15 is 0 Å². The highest BCUT2D eigenvalue weighted by Gasteiger charge is 2.14. The van der Waals surface area contributed by atoms with E-state index in [2.05, 4.69) is 0 Å². The Labute approximate surface area is 63.1 Å². The fourth-order valence-electron chi connectivity index (χ4n) is 1.10. The summed E-state index contributed by atoms with van der Waals surface area (Å²) < 4.78 is 5.18. The summed E-state index contributed by atoms with van der Waals surface area (Å²) in [5.41, 5.74) is 1.26. The number of thiophene rings is 1. The molecule has 0 aromatic carbocycles. The molecule has 0 radical (unpaired) electrons. The molecule has 2 heterocycles. The molecule has 1 aromatic rings. The molecule has 1 aromatic heterocycles. The van der Waals surface area contributed by atoms with E-state index in [9.17, 15) is 0 Å². The normalized spacial score (nSPS) is 15.7. The van der Waals surface area contributed by atoms with E-state index < -0.39 is 0 Å². The maximum atomic E-state index is 8.76. The molecule has 2 rings (SSSR count). The van der Waals surface area contributed by atoms with E-state index in [0.29, 0.717) is 0 Å². The Balaban J connectivity index is 2.37. The van der Waals surface area contributed by atoms with Gasteiger partial charge in [0.2, 0.25) is 0 Å². The zero-order chi connectivity index (χ0) is 6.97. The van der Waals surface area contributed by atoms with E-state index in [4.69, 9.17) is 9.84 Å². The molecule has 10 heavy (non-hydrogen) atoms. The molecule has 0 atom stereocenters. The van der Waals surface area contributed by atoms with Crippen LogP contribution in [0.2, 0.25) is 0 Å². The van der Waals surface area contributed by atoms with Crippen LogP contribution < -0.4 is 0 Å². The predicted octanol–water partition coefficient (Wildman–Crippen LogP) is 1.27. The quantitative estimate of drug-likeness (QED) is 0.663. The largest absolute Gasteiger partial charge is 0.391 e. The van der Waals surface area contributed by atoms with Crippen molar-refractivity contribution in [3.8, 4) is 0 Å². The van der Waals surface area contributed by atoms with Crippen LogP contribution in [0.15, 0.2) is 6.07 Å². The molecular formula is C7H8O2S. The molecular weight excluding hydrogens is 148 g/mol. The molecule has 0 spiro atoms. The molecule has 54 valence electrons. The Morgan fingerprint density at radius 3 is 3.20 bits per heavy atom. The first-order valence-electron chi connectivity index (χ1n) is 3.19. The van der Waals surface area contributed by atoms with Crippen molar-refractivity contribution >= 4 is 11.3 Å². The molecule has 0 saturated carbocycles. The van der Waals surface area contributed by atoms with Crippen molar-refractivity contribution in [3.63, 3.8) is 0 Å². The molecule has 0 aliphatic carbocycles. The van der Waals surface area contributed by atoms with Gasteiger partial charge in [-0.2, -0.15) is 0 Å². The maximum absolute atomic E-state index is 8.76. The Kier molecular flexibility index (Phi) is 1.48. The maximum Gasteiger partial charge on any atom is 0.0817 e. The van der Waals surface area contributed by atoms with Crippen LogP contribution in [0, 0.1) is 0 Å². The van der Waals surface area contributed by atoms with Gasteiger partial charge in [-0.1, -0.05) is 0 Å². The van der Waals surface area contributed by atoms with E-state index in [0.717, 1.165) is 18.1 Å². The summed E-state index contributed by atoms with van der Waals surface area (Å²) in [6.45, 7) is 1.63. The second-order valence-electron chi connectivity index (χ2n) is 2.31. The van der Waals surface area contributed by atoms with Gasteiger partial charge < -0.3 is 9.84 Å². The van der Waals surface area contributed by atoms with Crippen molar-refractivity contribution in [3.05, 3.63) is 21.4 Å². The monoisotopic (exact) mass is 156 g/mol. The zero-order valence-corrected chi connectivity index (χ0v) is 6.28. The molecule has 1 aliphatic rings. The van der Waals surface area contributed by atoms with Gasteiger partial charge in [-0.3, -0.25) is 0 Å². The standard InChI is InChI=1S/C7H8O2S/c8-2-6-1-5-3-9-4-7(5)10-6/h1,8H,2-4H2. The van der Waals surface area contributed by atoms with Crippen LogP contribution in [0.5, 0.6) is 0 Å². The van der Waals surface area contributed by atoms with Gasteiger partial charge in [-0.05, 0) is 11.6 Å². The fourth-order valence-corrected chi connectivity index (χ4v) is 2.08. The molecule has 0 fully saturated rings. The van der Waals surface area contributed by atoms with Gasteiger partial charge in [-0.25, -0.2) is 0 Å². The number of aliphatic hydroxyl groups excluding tert-OH is 1. The second kappa shape index (κ2) is 2.34. The third-order valence-electron chi connectivity index (χ3n) is 1.59. The Bertz CT molecular complexity index is 220. The Morgan fingerprint density at radius 2 is 2.50 bits per heavy atom. The van der Waals surface area contributed by atoms with E-state index in [1.807, 2.05) is 6.07 Å². The lowest BCUT2D eigenvalue weighted by Crippen LogP contribution is -1.78. The topological polar surface area (TPSA) is 29.5 Å². The summed E-state index contributed by atoms with van der Waals surface area (Å²) in [4.78, 5) is 2.33. The number of ether oxygens (including phenoxy) is 1. The molecule has 1 N–H and O–H groups in total. The number of rotatable bonds is 1. The van der Waals surface area contributed by atoms with Gasteiger partial charge in [-0.15, -0.1) is 11.3 Å². The highest BCUT2D eigenvalue weighted by molar-refractivity contribution is 7.12. The van der Waals surface area contributed by atoms with Crippen molar-refractivity contribution in [2.75, 3.05) is 0 Å². The molecule has 0 saturated heterocycles. The van der Waals surface area contributed by atoms with E-state index in [1.54, 1.807) is 11.3 Å². The Morgan fingerprint density at radius 1 is 1.60 bits per heavy atom. The van der Waals surface area contributed by atoms with Crippen LogP contribution >= 0.6 is 11.3 Å². The third kappa shape index (κ3) is 0.868. The van der Waals surface area contributed by atoms with Crippen LogP contribution in [0.3, 0.4) is 0 Å². The van der Waals surface area contributed by atoms with Crippen LogP contribution in [0.1, 0.15) is 15.3 Å². The number of aliphatic hydroxyl groups is 1. The summed E-state index contributed by atoms with van der Waals surface area (Å²) in [7, 11) is 0.